The number of benzene rings is 2. The minimum Gasteiger partial charge on any atom is -0.484 e. The van der Waals surface area contributed by atoms with Gasteiger partial charge >= 0.3 is 0 Å². The number of ether oxygens (including phenoxy) is 1. The molecule has 2 aromatic rings. The van der Waals surface area contributed by atoms with Crippen molar-refractivity contribution < 1.29 is 13.9 Å². The highest BCUT2D eigenvalue weighted by Crippen LogP contribution is 2.14. The van der Waals surface area contributed by atoms with Crippen LogP contribution >= 0.6 is 12.2 Å². The summed E-state index contributed by atoms with van der Waals surface area (Å²) in [6.07, 6.45) is 0. The Morgan fingerprint density at radius 2 is 2.00 bits per heavy atom. The predicted molar refractivity (Wildman–Crippen MR) is 82.9 cm³/mol. The maximum Gasteiger partial charge on any atom is 0.262 e. The van der Waals surface area contributed by atoms with Gasteiger partial charge in [0.15, 0.2) is 6.61 Å². The first-order valence-corrected chi connectivity index (χ1v) is 6.53. The number of carbonyl (C=O) groups excluding carboxylic acids is 1. The summed E-state index contributed by atoms with van der Waals surface area (Å²) in [7, 11) is 0. The molecule has 0 aliphatic rings. The molecular formula is C15H13FN2O2S. The lowest BCUT2D eigenvalue weighted by atomic mass is 10.2. The maximum absolute atomic E-state index is 13.0. The Morgan fingerprint density at radius 3 is 2.71 bits per heavy atom. The SMILES string of the molecule is NC(=S)c1cccc(OCC(=O)Nc2cccc(F)c2)c1. The number of nitrogens with one attached hydrogen (secondary N) is 1. The number of carbonyl (C=O) groups is 1. The number of nitrogens with two attached hydrogens (primary N) is 1. The summed E-state index contributed by atoms with van der Waals surface area (Å²) in [4.78, 5) is 12.0. The predicted octanol–water partition coefficient (Wildman–Crippen LogP) is 2.48. The van der Waals surface area contributed by atoms with Gasteiger partial charge in [0.25, 0.3) is 5.91 Å². The summed E-state index contributed by atoms with van der Waals surface area (Å²) in [5.41, 5.74) is 6.55. The molecule has 1 amide bonds. The van der Waals surface area contributed by atoms with Crippen LogP contribution in [0.4, 0.5) is 10.1 Å². The van der Waals surface area contributed by atoms with E-state index >= 15 is 0 Å². The summed E-state index contributed by atoms with van der Waals surface area (Å²) >= 11 is 4.86. The van der Waals surface area contributed by atoms with E-state index in [-0.39, 0.29) is 17.5 Å². The Labute approximate surface area is 126 Å². The molecule has 0 aliphatic carbocycles. The zero-order chi connectivity index (χ0) is 15.2. The van der Waals surface area contributed by atoms with Crippen LogP contribution in [0.15, 0.2) is 48.5 Å². The van der Waals surface area contributed by atoms with Crippen LogP contribution < -0.4 is 15.8 Å². The summed E-state index contributed by atoms with van der Waals surface area (Å²) in [6.45, 7) is -0.197. The molecule has 3 N–H and O–H groups in total. The van der Waals surface area contributed by atoms with Crippen LogP contribution in [0.3, 0.4) is 0 Å². The standard InChI is InChI=1S/C15H13FN2O2S/c16-11-4-2-5-12(8-11)18-14(19)9-20-13-6-1-3-10(7-13)15(17)21/h1-8H,9H2,(H2,17,21)(H,18,19). The van der Waals surface area contributed by atoms with Gasteiger partial charge in [-0.15, -0.1) is 0 Å². The molecule has 0 heterocycles. The van der Waals surface area contributed by atoms with Crippen molar-refractivity contribution in [2.75, 3.05) is 11.9 Å². The molecule has 2 aromatic carbocycles. The van der Waals surface area contributed by atoms with E-state index in [9.17, 15) is 9.18 Å². The average Bonchev–Trinajstić information content (AvgIpc) is 2.45. The van der Waals surface area contributed by atoms with E-state index in [4.69, 9.17) is 22.7 Å². The van der Waals surface area contributed by atoms with E-state index in [0.29, 0.717) is 17.0 Å². The molecule has 21 heavy (non-hydrogen) atoms. The second-order valence-corrected chi connectivity index (χ2v) is 4.68. The minimum absolute atomic E-state index is 0.197. The van der Waals surface area contributed by atoms with E-state index in [1.807, 2.05) is 0 Å². The molecular weight excluding hydrogens is 291 g/mol. The second kappa shape index (κ2) is 6.81. The monoisotopic (exact) mass is 304 g/mol. The Bertz CT molecular complexity index is 676. The molecule has 0 aromatic heterocycles. The normalized spacial score (nSPS) is 9.95. The van der Waals surface area contributed by atoms with Crippen molar-refractivity contribution in [2.24, 2.45) is 5.73 Å². The van der Waals surface area contributed by atoms with Crippen molar-refractivity contribution in [1.29, 1.82) is 0 Å². The van der Waals surface area contributed by atoms with E-state index in [1.165, 1.54) is 18.2 Å². The summed E-state index contributed by atoms with van der Waals surface area (Å²) in [5.74, 6) is -0.325. The largest absolute Gasteiger partial charge is 0.484 e. The Kier molecular flexibility index (Phi) is 4.84. The van der Waals surface area contributed by atoms with Crippen molar-refractivity contribution in [3.8, 4) is 5.75 Å². The lowest BCUT2D eigenvalue weighted by Crippen LogP contribution is -2.20. The zero-order valence-corrected chi connectivity index (χ0v) is 11.8. The van der Waals surface area contributed by atoms with Crippen LogP contribution in [0.2, 0.25) is 0 Å². The van der Waals surface area contributed by atoms with E-state index < -0.39 is 5.82 Å². The third-order valence-electron chi connectivity index (χ3n) is 2.60. The van der Waals surface area contributed by atoms with Crippen LogP contribution in [0.5, 0.6) is 5.75 Å². The van der Waals surface area contributed by atoms with Gasteiger partial charge in [0.2, 0.25) is 0 Å². The molecule has 0 radical (unpaired) electrons. The molecule has 0 unspecified atom stereocenters. The lowest BCUT2D eigenvalue weighted by Gasteiger charge is -2.08. The first kappa shape index (κ1) is 14.9. The van der Waals surface area contributed by atoms with Crippen molar-refractivity contribution >= 4 is 28.8 Å². The molecule has 0 fully saturated rings. The fourth-order valence-corrected chi connectivity index (χ4v) is 1.78. The van der Waals surface area contributed by atoms with Gasteiger partial charge in [0.1, 0.15) is 16.6 Å². The highest BCUT2D eigenvalue weighted by Gasteiger charge is 2.05. The van der Waals surface area contributed by atoms with Crippen molar-refractivity contribution in [2.45, 2.75) is 0 Å². The van der Waals surface area contributed by atoms with Crippen LogP contribution in [0.1, 0.15) is 5.56 Å². The van der Waals surface area contributed by atoms with Crippen LogP contribution in [-0.4, -0.2) is 17.5 Å². The molecule has 0 aliphatic heterocycles. The average molecular weight is 304 g/mol. The number of thiocarbonyl (C=S) groups is 1. The third-order valence-corrected chi connectivity index (χ3v) is 2.83. The molecule has 2 rings (SSSR count). The Balaban J connectivity index is 1.92. The van der Waals surface area contributed by atoms with Gasteiger partial charge < -0.3 is 15.8 Å². The van der Waals surface area contributed by atoms with Gasteiger partial charge in [0, 0.05) is 11.3 Å². The third kappa shape index (κ3) is 4.54. The van der Waals surface area contributed by atoms with E-state index in [2.05, 4.69) is 5.32 Å². The molecule has 108 valence electrons. The van der Waals surface area contributed by atoms with Gasteiger partial charge in [-0.05, 0) is 30.3 Å². The van der Waals surface area contributed by atoms with Crippen molar-refractivity contribution in [3.05, 3.63) is 59.9 Å². The van der Waals surface area contributed by atoms with Crippen molar-refractivity contribution in [1.82, 2.24) is 0 Å². The van der Waals surface area contributed by atoms with Crippen LogP contribution in [-0.2, 0) is 4.79 Å². The second-order valence-electron chi connectivity index (χ2n) is 4.24. The highest BCUT2D eigenvalue weighted by atomic mass is 32.1. The smallest absolute Gasteiger partial charge is 0.262 e. The molecule has 4 nitrogen and oxygen atoms in total. The Morgan fingerprint density at radius 1 is 1.24 bits per heavy atom. The molecule has 0 saturated heterocycles. The van der Waals surface area contributed by atoms with Crippen LogP contribution in [0, 0.1) is 5.82 Å². The fourth-order valence-electron chi connectivity index (χ4n) is 1.65. The number of hydrogen-bond acceptors (Lipinski definition) is 3. The first-order valence-electron chi connectivity index (χ1n) is 6.12. The number of halogens is 1. The highest BCUT2D eigenvalue weighted by molar-refractivity contribution is 7.80. The topological polar surface area (TPSA) is 64.3 Å². The number of anilines is 1. The molecule has 6 heteroatoms. The quantitative estimate of drug-likeness (QED) is 0.833. The van der Waals surface area contributed by atoms with Gasteiger partial charge in [0.05, 0.1) is 0 Å². The van der Waals surface area contributed by atoms with Gasteiger partial charge in [-0.25, -0.2) is 4.39 Å². The van der Waals surface area contributed by atoms with Crippen LogP contribution in [0.25, 0.3) is 0 Å². The maximum atomic E-state index is 13.0. The molecule has 0 saturated carbocycles. The number of hydrogen-bond donors (Lipinski definition) is 2. The van der Waals surface area contributed by atoms with Gasteiger partial charge in [-0.1, -0.05) is 30.4 Å². The molecule has 0 bridgehead atoms. The van der Waals surface area contributed by atoms with Gasteiger partial charge in [-0.2, -0.15) is 0 Å². The summed E-state index contributed by atoms with van der Waals surface area (Å²) in [5, 5.41) is 2.54. The molecule has 0 spiro atoms. The number of amides is 1. The summed E-state index contributed by atoms with van der Waals surface area (Å²) in [6, 6.07) is 12.5. The minimum atomic E-state index is -0.419. The zero-order valence-electron chi connectivity index (χ0n) is 11.0. The lowest BCUT2D eigenvalue weighted by molar-refractivity contribution is -0.118. The first-order chi connectivity index (χ1) is 10.0. The number of rotatable bonds is 5. The van der Waals surface area contributed by atoms with E-state index in [0.717, 1.165) is 0 Å². The Hall–Kier alpha value is -2.47. The molecule has 0 atom stereocenters. The summed E-state index contributed by atoms with van der Waals surface area (Å²) < 4.78 is 18.3. The van der Waals surface area contributed by atoms with Crippen molar-refractivity contribution in [3.63, 3.8) is 0 Å². The van der Waals surface area contributed by atoms with Gasteiger partial charge in [-0.3, -0.25) is 4.79 Å². The van der Waals surface area contributed by atoms with E-state index in [1.54, 1.807) is 30.3 Å². The fraction of sp³-hybridized carbons (Fsp3) is 0.0667.